The minimum Gasteiger partial charge on any atom is -0.298 e. The molecule has 2 aliphatic rings. The van der Waals surface area contributed by atoms with Crippen molar-refractivity contribution >= 4 is 21.7 Å². The third kappa shape index (κ3) is 1.70. The second-order valence-electron chi connectivity index (χ2n) is 4.94. The molecule has 2 fully saturated rings. The summed E-state index contributed by atoms with van der Waals surface area (Å²) in [5.41, 5.74) is 0.459. The minimum atomic E-state index is 0.145. The van der Waals surface area contributed by atoms with E-state index in [4.69, 9.17) is 0 Å². The maximum atomic E-state index is 11.5. The third-order valence-electron chi connectivity index (χ3n) is 3.98. The monoisotopic (exact) mass is 244 g/mol. The van der Waals surface area contributed by atoms with Gasteiger partial charge in [-0.25, -0.2) is 0 Å². The summed E-state index contributed by atoms with van der Waals surface area (Å²) in [6.45, 7) is 2.37. The fourth-order valence-electron chi connectivity index (χ4n) is 2.98. The molecule has 0 saturated heterocycles. The molecule has 1 nitrogen and oxygen atoms in total. The first-order chi connectivity index (χ1) is 6.12. The molecule has 0 heterocycles. The predicted octanol–water partition coefficient (Wildman–Crippen LogP) is 3.31. The van der Waals surface area contributed by atoms with Crippen LogP contribution in [0.3, 0.4) is 0 Å². The Morgan fingerprint density at radius 1 is 1.46 bits per heavy atom. The smallest absolute Gasteiger partial charge is 0.146 e. The van der Waals surface area contributed by atoms with E-state index < -0.39 is 0 Å². The molecule has 0 N–H and O–H groups in total. The van der Waals surface area contributed by atoms with E-state index in [0.29, 0.717) is 17.1 Å². The number of hydrogen-bond acceptors (Lipinski definition) is 1. The zero-order valence-electron chi connectivity index (χ0n) is 8.18. The van der Waals surface area contributed by atoms with Gasteiger partial charge in [-0.15, -0.1) is 0 Å². The second-order valence-corrected chi connectivity index (χ2v) is 6.04. The lowest BCUT2D eigenvalue weighted by molar-refractivity contribution is -0.124. The largest absolute Gasteiger partial charge is 0.298 e. The highest BCUT2D eigenvalue weighted by molar-refractivity contribution is 9.10. The first-order valence-electron chi connectivity index (χ1n) is 5.29. The lowest BCUT2D eigenvalue weighted by atomic mass is 9.60. The summed E-state index contributed by atoms with van der Waals surface area (Å²) in [6, 6.07) is 0. The van der Waals surface area contributed by atoms with Gasteiger partial charge in [-0.05, 0) is 30.6 Å². The van der Waals surface area contributed by atoms with Gasteiger partial charge in [0.05, 0.1) is 4.83 Å². The van der Waals surface area contributed by atoms with Gasteiger partial charge < -0.3 is 0 Å². The summed E-state index contributed by atoms with van der Waals surface area (Å²) in [5, 5.41) is 0. The van der Waals surface area contributed by atoms with Gasteiger partial charge in [-0.3, -0.25) is 4.79 Å². The highest BCUT2D eigenvalue weighted by Gasteiger charge is 2.44. The normalized spacial score (nSPS) is 45.8. The van der Waals surface area contributed by atoms with E-state index in [1.54, 1.807) is 0 Å². The number of alkyl halides is 1. The van der Waals surface area contributed by atoms with E-state index in [0.717, 1.165) is 12.8 Å². The van der Waals surface area contributed by atoms with Gasteiger partial charge in [0.1, 0.15) is 5.78 Å². The number of rotatable bonds is 0. The number of fused-ring (bicyclic) bond motifs is 1. The molecule has 2 saturated carbocycles. The van der Waals surface area contributed by atoms with Crippen LogP contribution in [0.4, 0.5) is 0 Å². The van der Waals surface area contributed by atoms with Crippen molar-refractivity contribution in [3.8, 4) is 0 Å². The Kier molecular flexibility index (Phi) is 2.52. The Labute approximate surface area is 88.4 Å². The molecule has 0 aromatic carbocycles. The molecule has 0 spiro atoms. The van der Waals surface area contributed by atoms with Crippen molar-refractivity contribution in [1.29, 1.82) is 0 Å². The molecule has 3 atom stereocenters. The highest BCUT2D eigenvalue weighted by Crippen LogP contribution is 2.50. The summed E-state index contributed by atoms with van der Waals surface area (Å²) >= 11 is 3.50. The van der Waals surface area contributed by atoms with Gasteiger partial charge in [-0.2, -0.15) is 0 Å². The number of ketones is 1. The van der Waals surface area contributed by atoms with E-state index in [1.165, 1.54) is 25.7 Å². The van der Waals surface area contributed by atoms with Crippen molar-refractivity contribution < 1.29 is 4.79 Å². The van der Waals surface area contributed by atoms with E-state index in [2.05, 4.69) is 22.9 Å². The summed E-state index contributed by atoms with van der Waals surface area (Å²) in [6.07, 6.45) is 7.19. The Bertz CT molecular complexity index is 226. The molecule has 74 valence electrons. The number of halogens is 1. The van der Waals surface area contributed by atoms with Crippen molar-refractivity contribution in [3.63, 3.8) is 0 Å². The van der Waals surface area contributed by atoms with Crippen molar-refractivity contribution in [3.05, 3.63) is 0 Å². The summed E-state index contributed by atoms with van der Waals surface area (Å²) in [4.78, 5) is 11.7. The Balaban J connectivity index is 2.15. The maximum Gasteiger partial charge on any atom is 0.146 e. The number of Topliss-reactive ketones (excluding diaryl/α,β-unsaturated/α-hetero) is 1. The third-order valence-corrected chi connectivity index (χ3v) is 4.81. The molecule has 0 aliphatic heterocycles. The SMILES string of the molecule is CC12CCCCC1CC(=O)C(Br)C2. The van der Waals surface area contributed by atoms with Crippen molar-refractivity contribution in [2.45, 2.75) is 50.3 Å². The van der Waals surface area contributed by atoms with E-state index >= 15 is 0 Å². The second kappa shape index (κ2) is 3.38. The molecule has 2 aliphatic carbocycles. The molecule has 2 heteroatoms. The molecular formula is C11H17BrO. The van der Waals surface area contributed by atoms with Gasteiger partial charge in [0.25, 0.3) is 0 Å². The van der Waals surface area contributed by atoms with Crippen LogP contribution in [0.5, 0.6) is 0 Å². The molecule has 0 bridgehead atoms. The Morgan fingerprint density at radius 2 is 2.23 bits per heavy atom. The van der Waals surface area contributed by atoms with Crippen LogP contribution in [0.15, 0.2) is 0 Å². The first kappa shape index (κ1) is 9.70. The molecular weight excluding hydrogens is 228 g/mol. The standard InChI is InChI=1S/C11H17BrO/c1-11-5-3-2-4-8(11)6-10(13)9(12)7-11/h8-9H,2-7H2,1H3. The van der Waals surface area contributed by atoms with Crippen LogP contribution in [0.1, 0.15) is 45.4 Å². The van der Waals surface area contributed by atoms with Crippen LogP contribution in [-0.2, 0) is 4.79 Å². The fraction of sp³-hybridized carbons (Fsp3) is 0.909. The van der Waals surface area contributed by atoms with Crippen LogP contribution in [-0.4, -0.2) is 10.6 Å². The number of carbonyl (C=O) groups is 1. The fourth-order valence-corrected chi connectivity index (χ4v) is 3.91. The quantitative estimate of drug-likeness (QED) is 0.598. The molecule has 13 heavy (non-hydrogen) atoms. The van der Waals surface area contributed by atoms with Crippen LogP contribution >= 0.6 is 15.9 Å². The predicted molar refractivity (Wildman–Crippen MR) is 57.0 cm³/mol. The average Bonchev–Trinajstić information content (AvgIpc) is 2.07. The molecule has 2 rings (SSSR count). The van der Waals surface area contributed by atoms with Crippen LogP contribution < -0.4 is 0 Å². The Hall–Kier alpha value is 0.150. The van der Waals surface area contributed by atoms with Gasteiger partial charge >= 0.3 is 0 Å². The van der Waals surface area contributed by atoms with E-state index in [9.17, 15) is 4.79 Å². The first-order valence-corrected chi connectivity index (χ1v) is 6.20. The number of hydrogen-bond donors (Lipinski definition) is 0. The van der Waals surface area contributed by atoms with E-state index in [1.807, 2.05) is 0 Å². The van der Waals surface area contributed by atoms with Crippen molar-refractivity contribution in [2.24, 2.45) is 11.3 Å². The zero-order chi connectivity index (χ0) is 9.47. The lowest BCUT2D eigenvalue weighted by Gasteiger charge is -2.46. The molecule has 0 radical (unpaired) electrons. The van der Waals surface area contributed by atoms with Crippen molar-refractivity contribution in [1.82, 2.24) is 0 Å². The molecule has 0 aromatic heterocycles. The Morgan fingerprint density at radius 3 is 3.00 bits per heavy atom. The summed E-state index contributed by atoms with van der Waals surface area (Å²) in [7, 11) is 0. The van der Waals surface area contributed by atoms with E-state index in [-0.39, 0.29) is 4.83 Å². The summed E-state index contributed by atoms with van der Waals surface area (Å²) < 4.78 is 0. The zero-order valence-corrected chi connectivity index (χ0v) is 9.77. The van der Waals surface area contributed by atoms with Crippen molar-refractivity contribution in [2.75, 3.05) is 0 Å². The van der Waals surface area contributed by atoms with Gasteiger partial charge in [-0.1, -0.05) is 35.7 Å². The molecule has 0 amide bonds. The highest BCUT2D eigenvalue weighted by atomic mass is 79.9. The van der Waals surface area contributed by atoms with Gasteiger partial charge in [0.15, 0.2) is 0 Å². The minimum absolute atomic E-state index is 0.145. The molecule has 0 aromatic rings. The molecule has 3 unspecified atom stereocenters. The van der Waals surface area contributed by atoms with Crippen LogP contribution in [0.2, 0.25) is 0 Å². The number of carbonyl (C=O) groups excluding carboxylic acids is 1. The average molecular weight is 245 g/mol. The van der Waals surface area contributed by atoms with Gasteiger partial charge in [0.2, 0.25) is 0 Å². The van der Waals surface area contributed by atoms with Crippen LogP contribution in [0.25, 0.3) is 0 Å². The van der Waals surface area contributed by atoms with Gasteiger partial charge in [0, 0.05) is 6.42 Å². The van der Waals surface area contributed by atoms with Crippen LogP contribution in [0, 0.1) is 11.3 Å². The maximum absolute atomic E-state index is 11.5. The topological polar surface area (TPSA) is 17.1 Å². The lowest BCUT2D eigenvalue weighted by Crippen LogP contribution is -2.41. The summed E-state index contributed by atoms with van der Waals surface area (Å²) in [5.74, 6) is 1.12.